The number of hydrogen-bond acceptors (Lipinski definition) is 2. The van der Waals surface area contributed by atoms with Crippen molar-refractivity contribution in [1.29, 1.82) is 0 Å². The van der Waals surface area contributed by atoms with Gasteiger partial charge < -0.3 is 5.11 Å². The van der Waals surface area contributed by atoms with Gasteiger partial charge in [-0.1, -0.05) is 30.3 Å². The number of hydrogen-bond donors (Lipinski definition) is 1. The number of ketones is 1. The van der Waals surface area contributed by atoms with Crippen molar-refractivity contribution in [1.82, 2.24) is 0 Å². The number of carboxylic acid groups (broad SMARTS) is 1. The van der Waals surface area contributed by atoms with E-state index in [0.29, 0.717) is 5.56 Å². The fourth-order valence-corrected chi connectivity index (χ4v) is 1.40. The fourth-order valence-electron chi connectivity index (χ4n) is 1.16. The van der Waals surface area contributed by atoms with Gasteiger partial charge in [-0.15, -0.1) is 11.6 Å². The van der Waals surface area contributed by atoms with E-state index in [1.54, 1.807) is 30.3 Å². The molecular weight excluding hydrogens is 216 g/mol. The van der Waals surface area contributed by atoms with Crippen molar-refractivity contribution in [2.45, 2.75) is 18.2 Å². The molecule has 0 saturated carbocycles. The molecule has 1 rings (SSSR count). The van der Waals surface area contributed by atoms with Gasteiger partial charge in [0.1, 0.15) is 0 Å². The summed E-state index contributed by atoms with van der Waals surface area (Å²) in [6, 6.07) is 8.62. The van der Waals surface area contributed by atoms with Crippen LogP contribution in [0.1, 0.15) is 23.2 Å². The predicted molar refractivity (Wildman–Crippen MR) is 57.3 cm³/mol. The summed E-state index contributed by atoms with van der Waals surface area (Å²) in [6.45, 7) is 0. The zero-order valence-electron chi connectivity index (χ0n) is 8.02. The van der Waals surface area contributed by atoms with Crippen LogP contribution in [-0.2, 0) is 4.79 Å². The molecule has 0 radical (unpaired) electrons. The lowest BCUT2D eigenvalue weighted by Crippen LogP contribution is -2.16. The number of carbonyl (C=O) groups excluding carboxylic acids is 1. The lowest BCUT2D eigenvalue weighted by molar-refractivity contribution is -0.137. The van der Waals surface area contributed by atoms with E-state index in [0.717, 1.165) is 0 Å². The third-order valence-corrected chi connectivity index (χ3v) is 2.37. The molecule has 0 bridgehead atoms. The number of Topliss-reactive ketones (excluding diaryl/α,β-unsaturated/α-hetero) is 1. The van der Waals surface area contributed by atoms with Crippen molar-refractivity contribution < 1.29 is 14.7 Å². The molecule has 1 atom stereocenters. The van der Waals surface area contributed by atoms with Gasteiger partial charge in [-0.2, -0.15) is 0 Å². The minimum absolute atomic E-state index is 0.0905. The second-order valence-corrected chi connectivity index (χ2v) is 3.66. The van der Waals surface area contributed by atoms with Crippen LogP contribution >= 0.6 is 11.6 Å². The van der Waals surface area contributed by atoms with Crippen LogP contribution in [0.2, 0.25) is 0 Å². The highest BCUT2D eigenvalue weighted by Gasteiger charge is 2.17. The lowest BCUT2D eigenvalue weighted by Gasteiger charge is -2.06. The van der Waals surface area contributed by atoms with Crippen LogP contribution in [0.5, 0.6) is 0 Å². The summed E-state index contributed by atoms with van der Waals surface area (Å²) in [5.41, 5.74) is 0.517. The van der Waals surface area contributed by atoms with Gasteiger partial charge in [0, 0.05) is 12.0 Å². The van der Waals surface area contributed by atoms with Gasteiger partial charge in [-0.3, -0.25) is 9.59 Å². The van der Waals surface area contributed by atoms with Gasteiger partial charge in [0.2, 0.25) is 0 Å². The first-order chi connectivity index (χ1) is 7.11. The van der Waals surface area contributed by atoms with E-state index in [1.165, 1.54) is 0 Å². The zero-order chi connectivity index (χ0) is 11.3. The number of halogens is 1. The first-order valence-electron chi connectivity index (χ1n) is 4.56. The number of benzene rings is 1. The number of alkyl halides is 1. The summed E-state index contributed by atoms with van der Waals surface area (Å²) >= 11 is 5.80. The van der Waals surface area contributed by atoms with Crippen molar-refractivity contribution >= 4 is 23.4 Å². The smallest absolute Gasteiger partial charge is 0.303 e. The molecule has 0 spiro atoms. The van der Waals surface area contributed by atoms with Gasteiger partial charge in [-0.25, -0.2) is 0 Å². The molecule has 0 amide bonds. The molecule has 0 aliphatic rings. The van der Waals surface area contributed by atoms with E-state index in [-0.39, 0.29) is 18.6 Å². The summed E-state index contributed by atoms with van der Waals surface area (Å²) in [6.07, 6.45) is 0.0668. The van der Waals surface area contributed by atoms with E-state index in [9.17, 15) is 9.59 Å². The van der Waals surface area contributed by atoms with Crippen molar-refractivity contribution in [3.05, 3.63) is 35.9 Å². The summed E-state index contributed by atoms with van der Waals surface area (Å²) in [5, 5.41) is 7.68. The van der Waals surface area contributed by atoms with Crippen molar-refractivity contribution in [3.8, 4) is 0 Å². The Labute approximate surface area is 92.7 Å². The first kappa shape index (κ1) is 11.7. The van der Waals surface area contributed by atoms with Crippen molar-refractivity contribution in [2.75, 3.05) is 0 Å². The number of carboxylic acids is 1. The maximum absolute atomic E-state index is 11.6. The van der Waals surface area contributed by atoms with E-state index in [4.69, 9.17) is 16.7 Å². The first-order valence-corrected chi connectivity index (χ1v) is 5.00. The zero-order valence-corrected chi connectivity index (χ0v) is 8.78. The van der Waals surface area contributed by atoms with Crippen LogP contribution in [0.15, 0.2) is 30.3 Å². The largest absolute Gasteiger partial charge is 0.481 e. The second-order valence-electron chi connectivity index (χ2n) is 3.13. The maximum Gasteiger partial charge on any atom is 0.303 e. The summed E-state index contributed by atoms with van der Waals surface area (Å²) in [5.74, 6) is -1.17. The van der Waals surface area contributed by atoms with Crippen molar-refractivity contribution in [2.24, 2.45) is 0 Å². The quantitative estimate of drug-likeness (QED) is 0.619. The molecule has 0 fully saturated rings. The van der Waals surface area contributed by atoms with Crippen LogP contribution in [0.4, 0.5) is 0 Å². The van der Waals surface area contributed by atoms with E-state index in [2.05, 4.69) is 0 Å². The number of aliphatic carboxylic acids is 1. The lowest BCUT2D eigenvalue weighted by atomic mass is 10.1. The molecule has 1 N–H and O–H groups in total. The molecule has 1 aromatic rings. The van der Waals surface area contributed by atoms with Gasteiger partial charge in [0.25, 0.3) is 0 Å². The van der Waals surface area contributed by atoms with Gasteiger partial charge in [0.05, 0.1) is 5.38 Å². The van der Waals surface area contributed by atoms with Crippen LogP contribution in [0, 0.1) is 0 Å². The van der Waals surface area contributed by atoms with Gasteiger partial charge >= 0.3 is 5.97 Å². The molecule has 0 saturated heterocycles. The molecular formula is C11H11ClO3. The maximum atomic E-state index is 11.6. The summed E-state index contributed by atoms with van der Waals surface area (Å²) in [4.78, 5) is 21.9. The second kappa shape index (κ2) is 5.51. The summed E-state index contributed by atoms with van der Waals surface area (Å²) < 4.78 is 0. The molecule has 0 aliphatic carbocycles. The normalized spacial score (nSPS) is 12.1. The number of rotatable bonds is 5. The SMILES string of the molecule is O=C(O)CCC(Cl)C(=O)c1ccccc1. The third kappa shape index (κ3) is 3.72. The molecule has 15 heavy (non-hydrogen) atoms. The topological polar surface area (TPSA) is 54.4 Å². The Morgan fingerprint density at radius 1 is 1.27 bits per heavy atom. The van der Waals surface area contributed by atoms with Crippen LogP contribution < -0.4 is 0 Å². The third-order valence-electron chi connectivity index (χ3n) is 1.95. The average Bonchev–Trinajstić information content (AvgIpc) is 2.26. The van der Waals surface area contributed by atoms with Crippen LogP contribution in [0.3, 0.4) is 0 Å². The van der Waals surface area contributed by atoms with E-state index < -0.39 is 11.3 Å². The van der Waals surface area contributed by atoms with Gasteiger partial charge in [-0.05, 0) is 6.42 Å². The van der Waals surface area contributed by atoms with Crippen LogP contribution in [0.25, 0.3) is 0 Å². The molecule has 3 nitrogen and oxygen atoms in total. The van der Waals surface area contributed by atoms with E-state index in [1.807, 2.05) is 0 Å². The predicted octanol–water partition coefficient (Wildman–Crippen LogP) is 2.34. The molecule has 0 aromatic heterocycles. The summed E-state index contributed by atoms with van der Waals surface area (Å²) in [7, 11) is 0. The molecule has 0 heterocycles. The standard InChI is InChI=1S/C11H11ClO3/c12-9(6-7-10(13)14)11(15)8-4-2-1-3-5-8/h1-5,9H,6-7H2,(H,13,14). The minimum Gasteiger partial charge on any atom is -0.481 e. The highest BCUT2D eigenvalue weighted by molar-refractivity contribution is 6.33. The fraction of sp³-hybridized carbons (Fsp3) is 0.273. The minimum atomic E-state index is -0.943. The monoisotopic (exact) mass is 226 g/mol. The molecule has 80 valence electrons. The number of carbonyl (C=O) groups is 2. The van der Waals surface area contributed by atoms with Gasteiger partial charge in [0.15, 0.2) is 5.78 Å². The molecule has 1 unspecified atom stereocenters. The Hall–Kier alpha value is -1.35. The molecule has 4 heteroatoms. The Bertz CT molecular complexity index is 348. The van der Waals surface area contributed by atoms with E-state index >= 15 is 0 Å². The Balaban J connectivity index is 2.57. The molecule has 0 aliphatic heterocycles. The highest BCUT2D eigenvalue weighted by atomic mass is 35.5. The highest BCUT2D eigenvalue weighted by Crippen LogP contribution is 2.13. The molecule has 1 aromatic carbocycles. The van der Waals surface area contributed by atoms with Crippen LogP contribution in [-0.4, -0.2) is 22.2 Å². The Kier molecular flexibility index (Phi) is 4.31. The Morgan fingerprint density at radius 2 is 1.87 bits per heavy atom. The average molecular weight is 227 g/mol. The van der Waals surface area contributed by atoms with Crippen molar-refractivity contribution in [3.63, 3.8) is 0 Å². The Morgan fingerprint density at radius 3 is 2.40 bits per heavy atom.